The zero-order valence-corrected chi connectivity index (χ0v) is 30.1. The second kappa shape index (κ2) is 12.9. The van der Waals surface area contributed by atoms with Gasteiger partial charge >= 0.3 is 0 Å². The van der Waals surface area contributed by atoms with Gasteiger partial charge in [0, 0.05) is 43.9 Å². The standard InChI is InChI=1S/C48H31BCl2N2/c50-36-24-26-40-44(30-36)52(42-22-12-10-20-38(42)33-16-6-2-7-17-33)46-28-35(32-14-4-1-5-15-32)29-47-48(46)49(40)41-27-25-37(51)31-45(41)53(47)43-23-13-11-21-39(43)34-18-8-3-9-19-34/h1-31H. The van der Waals surface area contributed by atoms with E-state index < -0.39 is 0 Å². The number of anilines is 6. The molecular weight excluding hydrogens is 686 g/mol. The third-order valence-corrected chi connectivity index (χ3v) is 11.0. The van der Waals surface area contributed by atoms with E-state index in [1.807, 2.05) is 12.1 Å². The molecule has 0 fully saturated rings. The lowest BCUT2D eigenvalue weighted by molar-refractivity contribution is 1.25. The van der Waals surface area contributed by atoms with Gasteiger partial charge in [-0.2, -0.15) is 0 Å². The number of halogens is 2. The molecule has 2 aliphatic rings. The molecule has 8 aromatic rings. The Bertz CT molecular complexity index is 2500. The van der Waals surface area contributed by atoms with Crippen LogP contribution in [0.5, 0.6) is 0 Å². The van der Waals surface area contributed by atoms with Crippen molar-refractivity contribution in [2.75, 3.05) is 9.80 Å². The van der Waals surface area contributed by atoms with Crippen molar-refractivity contribution in [2.45, 2.75) is 0 Å². The van der Waals surface area contributed by atoms with Crippen molar-refractivity contribution >= 4 is 80.4 Å². The molecule has 2 nitrogen and oxygen atoms in total. The first-order valence-corrected chi connectivity index (χ1v) is 18.6. The Morgan fingerprint density at radius 3 is 1.17 bits per heavy atom. The number of hydrogen-bond acceptors (Lipinski definition) is 2. The molecule has 53 heavy (non-hydrogen) atoms. The Balaban J connectivity index is 1.34. The molecule has 0 unspecified atom stereocenters. The van der Waals surface area contributed by atoms with E-state index in [1.54, 1.807) is 0 Å². The molecule has 0 amide bonds. The van der Waals surface area contributed by atoms with Crippen molar-refractivity contribution in [1.29, 1.82) is 0 Å². The minimum absolute atomic E-state index is 0.0652. The molecule has 0 aromatic heterocycles. The molecule has 0 spiro atoms. The molecule has 10 rings (SSSR count). The third kappa shape index (κ3) is 5.27. The van der Waals surface area contributed by atoms with Gasteiger partial charge in [0.1, 0.15) is 0 Å². The largest absolute Gasteiger partial charge is 0.311 e. The summed E-state index contributed by atoms with van der Waals surface area (Å²) in [7, 11) is 0. The van der Waals surface area contributed by atoms with Crippen LogP contribution in [-0.4, -0.2) is 6.71 Å². The number of rotatable bonds is 5. The first-order valence-electron chi connectivity index (χ1n) is 17.9. The Morgan fingerprint density at radius 1 is 0.321 bits per heavy atom. The topological polar surface area (TPSA) is 6.48 Å². The number of hydrogen-bond donors (Lipinski definition) is 0. The van der Waals surface area contributed by atoms with Crippen LogP contribution in [0.1, 0.15) is 0 Å². The maximum atomic E-state index is 6.92. The van der Waals surface area contributed by atoms with Crippen LogP contribution in [0, 0.1) is 0 Å². The lowest BCUT2D eigenvalue weighted by Crippen LogP contribution is -2.61. The molecule has 2 aliphatic heterocycles. The molecule has 0 saturated heterocycles. The predicted molar refractivity (Wildman–Crippen MR) is 227 cm³/mol. The van der Waals surface area contributed by atoms with Crippen molar-refractivity contribution in [3.8, 4) is 33.4 Å². The highest BCUT2D eigenvalue weighted by Crippen LogP contribution is 2.49. The summed E-state index contributed by atoms with van der Waals surface area (Å²) in [5, 5.41) is 1.39. The summed E-state index contributed by atoms with van der Waals surface area (Å²) >= 11 is 13.8. The van der Waals surface area contributed by atoms with Gasteiger partial charge < -0.3 is 9.80 Å². The summed E-state index contributed by atoms with van der Waals surface area (Å²) in [6.45, 7) is -0.0652. The second-order valence-corrected chi connectivity index (χ2v) is 14.4. The Hall–Kier alpha value is -6.00. The van der Waals surface area contributed by atoms with E-state index in [2.05, 4.69) is 186 Å². The lowest BCUT2D eigenvalue weighted by atomic mass is 9.33. The van der Waals surface area contributed by atoms with Crippen LogP contribution < -0.4 is 26.2 Å². The van der Waals surface area contributed by atoms with Crippen molar-refractivity contribution in [3.05, 3.63) is 198 Å². The zero-order valence-electron chi connectivity index (χ0n) is 28.6. The van der Waals surface area contributed by atoms with Crippen LogP contribution in [0.15, 0.2) is 188 Å². The fourth-order valence-corrected chi connectivity index (χ4v) is 8.65. The van der Waals surface area contributed by atoms with Crippen molar-refractivity contribution in [2.24, 2.45) is 0 Å². The minimum atomic E-state index is -0.0652. The van der Waals surface area contributed by atoms with Crippen LogP contribution in [0.3, 0.4) is 0 Å². The quantitative estimate of drug-likeness (QED) is 0.164. The summed E-state index contributed by atoms with van der Waals surface area (Å²) in [5.41, 5.74) is 17.0. The average Bonchev–Trinajstić information content (AvgIpc) is 3.21. The van der Waals surface area contributed by atoms with Crippen molar-refractivity contribution in [3.63, 3.8) is 0 Å². The Labute approximate surface area is 320 Å². The number of fused-ring (bicyclic) bond motifs is 4. The molecule has 5 heteroatoms. The van der Waals surface area contributed by atoms with E-state index in [0.29, 0.717) is 10.0 Å². The molecule has 0 saturated carbocycles. The van der Waals surface area contributed by atoms with Crippen molar-refractivity contribution in [1.82, 2.24) is 0 Å². The fourth-order valence-electron chi connectivity index (χ4n) is 8.31. The average molecular weight is 718 g/mol. The maximum absolute atomic E-state index is 6.92. The summed E-state index contributed by atoms with van der Waals surface area (Å²) in [6.07, 6.45) is 0. The van der Waals surface area contributed by atoms with E-state index in [9.17, 15) is 0 Å². The van der Waals surface area contributed by atoms with Crippen molar-refractivity contribution < 1.29 is 0 Å². The van der Waals surface area contributed by atoms with E-state index in [0.717, 1.165) is 67.5 Å². The zero-order chi connectivity index (χ0) is 35.5. The van der Waals surface area contributed by atoms with E-state index in [4.69, 9.17) is 23.2 Å². The van der Waals surface area contributed by atoms with Crippen LogP contribution in [0.2, 0.25) is 10.0 Å². The van der Waals surface area contributed by atoms with Gasteiger partial charge in [-0.05, 0) is 87.2 Å². The fraction of sp³-hybridized carbons (Fsp3) is 0. The molecular formula is C48H31BCl2N2. The van der Waals surface area contributed by atoms with E-state index in [-0.39, 0.29) is 6.71 Å². The first-order chi connectivity index (χ1) is 26.1. The van der Waals surface area contributed by atoms with Crippen LogP contribution >= 0.6 is 23.2 Å². The van der Waals surface area contributed by atoms with E-state index in [1.165, 1.54) is 16.4 Å². The highest BCUT2D eigenvalue weighted by molar-refractivity contribution is 7.00. The maximum Gasteiger partial charge on any atom is 0.252 e. The molecule has 2 heterocycles. The molecule has 0 bridgehead atoms. The molecule has 0 radical (unpaired) electrons. The summed E-state index contributed by atoms with van der Waals surface area (Å²) in [6, 6.07) is 66.8. The minimum Gasteiger partial charge on any atom is -0.311 e. The Kier molecular flexibility index (Phi) is 7.72. The number of benzene rings is 8. The normalized spacial score (nSPS) is 12.6. The molecule has 8 aromatic carbocycles. The Morgan fingerprint density at radius 2 is 0.717 bits per heavy atom. The third-order valence-electron chi connectivity index (χ3n) is 10.6. The number of nitrogens with zero attached hydrogens (tertiary/aromatic N) is 2. The van der Waals surface area contributed by atoms with Gasteiger partial charge in [0.15, 0.2) is 0 Å². The van der Waals surface area contributed by atoms with Gasteiger partial charge in [0.2, 0.25) is 0 Å². The second-order valence-electron chi connectivity index (χ2n) is 13.6. The van der Waals surface area contributed by atoms with Crippen LogP contribution in [0.4, 0.5) is 34.1 Å². The molecule has 0 atom stereocenters. The van der Waals surface area contributed by atoms with E-state index >= 15 is 0 Å². The summed E-state index contributed by atoms with van der Waals surface area (Å²) < 4.78 is 0. The van der Waals surface area contributed by atoms with Gasteiger partial charge in [-0.3, -0.25) is 0 Å². The van der Waals surface area contributed by atoms with Gasteiger partial charge in [-0.25, -0.2) is 0 Å². The first kappa shape index (κ1) is 31.7. The van der Waals surface area contributed by atoms with Crippen LogP contribution in [0.25, 0.3) is 33.4 Å². The van der Waals surface area contributed by atoms with Gasteiger partial charge in [-0.1, -0.05) is 163 Å². The highest BCUT2D eigenvalue weighted by Gasteiger charge is 2.44. The lowest BCUT2D eigenvalue weighted by Gasteiger charge is -2.45. The van der Waals surface area contributed by atoms with Gasteiger partial charge in [0.05, 0.1) is 11.4 Å². The molecule has 250 valence electrons. The van der Waals surface area contributed by atoms with Crippen LogP contribution in [-0.2, 0) is 0 Å². The highest BCUT2D eigenvalue weighted by atomic mass is 35.5. The molecule has 0 N–H and O–H groups in total. The number of para-hydroxylation sites is 2. The predicted octanol–water partition coefficient (Wildman–Crippen LogP) is 12.1. The monoisotopic (exact) mass is 716 g/mol. The van der Waals surface area contributed by atoms with Gasteiger partial charge in [-0.15, -0.1) is 0 Å². The summed E-state index contributed by atoms with van der Waals surface area (Å²) in [4.78, 5) is 4.88. The SMILES string of the molecule is Clc1ccc2c(c1)N(c1ccccc1-c1ccccc1)c1cc(-c3ccccc3)cc3c1B2c1ccc(Cl)cc1N3c1ccccc1-c1ccccc1. The summed E-state index contributed by atoms with van der Waals surface area (Å²) in [5.74, 6) is 0. The van der Waals surface area contributed by atoms with Gasteiger partial charge in [0.25, 0.3) is 6.71 Å². The molecule has 0 aliphatic carbocycles. The smallest absolute Gasteiger partial charge is 0.252 e.